The summed E-state index contributed by atoms with van der Waals surface area (Å²) in [5, 5.41) is 14.4. The normalized spacial score (nSPS) is 20.6. The molecule has 3 aromatic heterocycles. The molecule has 0 spiro atoms. The largest absolute Gasteiger partial charge is 0.391 e. The Hall–Kier alpha value is -2.67. The molecule has 1 aliphatic carbocycles. The highest BCUT2D eigenvalue weighted by molar-refractivity contribution is 5.93. The Morgan fingerprint density at radius 3 is 2.85 bits per heavy atom. The Balaban J connectivity index is 1.52. The molecule has 140 valence electrons. The Kier molecular flexibility index (Phi) is 4.16. The van der Waals surface area contributed by atoms with Crippen LogP contribution in [0.5, 0.6) is 0 Å². The van der Waals surface area contributed by atoms with Gasteiger partial charge in [-0.1, -0.05) is 12.8 Å². The third-order valence-corrected chi connectivity index (χ3v) is 5.60. The summed E-state index contributed by atoms with van der Waals surface area (Å²) >= 11 is 0. The zero-order valence-corrected chi connectivity index (χ0v) is 15.2. The molecular weight excluding hydrogens is 340 g/mol. The predicted molar refractivity (Wildman–Crippen MR) is 106 cm³/mol. The molecule has 1 aliphatic heterocycles. The van der Waals surface area contributed by atoms with Crippen LogP contribution in [-0.4, -0.2) is 50.3 Å². The third-order valence-electron chi connectivity index (χ3n) is 5.60. The maximum absolute atomic E-state index is 9.83. The number of rotatable bonds is 4. The fourth-order valence-electron chi connectivity index (χ4n) is 4.18. The van der Waals surface area contributed by atoms with Crippen molar-refractivity contribution in [2.24, 2.45) is 0 Å². The van der Waals surface area contributed by atoms with Gasteiger partial charge in [0, 0.05) is 42.5 Å². The van der Waals surface area contributed by atoms with E-state index in [0.29, 0.717) is 18.4 Å². The lowest BCUT2D eigenvalue weighted by molar-refractivity contribution is 0.198. The van der Waals surface area contributed by atoms with Crippen LogP contribution < -0.4 is 10.2 Å². The summed E-state index contributed by atoms with van der Waals surface area (Å²) in [5.41, 5.74) is 1.82. The van der Waals surface area contributed by atoms with Gasteiger partial charge in [-0.25, -0.2) is 15.0 Å². The molecule has 0 unspecified atom stereocenters. The number of H-pyrrole nitrogens is 1. The molecule has 4 heterocycles. The highest BCUT2D eigenvalue weighted by atomic mass is 16.3. The van der Waals surface area contributed by atoms with Crippen LogP contribution in [0.4, 0.5) is 11.6 Å². The van der Waals surface area contributed by atoms with Crippen LogP contribution in [0.15, 0.2) is 30.6 Å². The number of pyridine rings is 1. The number of β-amino-alcohol motifs (C(OH)–C–C–N with tert-alkyl or cyclic N) is 1. The fourth-order valence-corrected chi connectivity index (χ4v) is 4.18. The van der Waals surface area contributed by atoms with Crippen LogP contribution >= 0.6 is 0 Å². The molecule has 0 radical (unpaired) electrons. The first-order valence-electron chi connectivity index (χ1n) is 9.77. The first-order valence-corrected chi connectivity index (χ1v) is 9.77. The van der Waals surface area contributed by atoms with Gasteiger partial charge < -0.3 is 20.3 Å². The second-order valence-electron chi connectivity index (χ2n) is 7.55. The first kappa shape index (κ1) is 16.5. The van der Waals surface area contributed by atoms with E-state index in [1.807, 2.05) is 18.3 Å². The predicted octanol–water partition coefficient (Wildman–Crippen LogP) is 2.95. The number of aromatic nitrogens is 4. The minimum atomic E-state index is -0.275. The van der Waals surface area contributed by atoms with Crippen LogP contribution in [0, 0.1) is 0 Å². The van der Waals surface area contributed by atoms with Gasteiger partial charge >= 0.3 is 0 Å². The zero-order valence-electron chi connectivity index (χ0n) is 15.2. The van der Waals surface area contributed by atoms with Crippen molar-refractivity contribution in [3.05, 3.63) is 30.6 Å². The van der Waals surface area contributed by atoms with E-state index in [0.717, 1.165) is 41.2 Å². The quantitative estimate of drug-likeness (QED) is 0.659. The average molecular weight is 364 g/mol. The van der Waals surface area contributed by atoms with Gasteiger partial charge in [0.1, 0.15) is 17.3 Å². The standard InChI is InChI=1S/C20H24N6O/c27-14-7-10-26(12-14)18-6-9-22-20(25-18)16-11-17(23-13-3-1-2-4-13)24-19-15(16)5-8-21-19/h5-6,8-9,11,13-14,27H,1-4,7,10,12H2,(H2,21,23,24)/t14-/m0/s1. The van der Waals surface area contributed by atoms with Gasteiger partial charge in [-0.2, -0.15) is 0 Å². The van der Waals surface area contributed by atoms with Crippen LogP contribution in [0.25, 0.3) is 22.4 Å². The molecule has 1 saturated carbocycles. The summed E-state index contributed by atoms with van der Waals surface area (Å²) in [6.07, 6.45) is 9.16. The maximum Gasteiger partial charge on any atom is 0.162 e. The second kappa shape index (κ2) is 6.81. The molecule has 3 N–H and O–H groups in total. The van der Waals surface area contributed by atoms with E-state index in [1.165, 1.54) is 25.7 Å². The molecule has 0 bridgehead atoms. The van der Waals surface area contributed by atoms with Crippen molar-refractivity contribution in [2.45, 2.75) is 44.2 Å². The Morgan fingerprint density at radius 1 is 1.15 bits per heavy atom. The van der Waals surface area contributed by atoms with Crippen molar-refractivity contribution in [2.75, 3.05) is 23.3 Å². The summed E-state index contributed by atoms with van der Waals surface area (Å²) in [7, 11) is 0. The van der Waals surface area contributed by atoms with Crippen molar-refractivity contribution in [1.29, 1.82) is 0 Å². The number of aromatic amines is 1. The molecule has 0 amide bonds. The van der Waals surface area contributed by atoms with Crippen LogP contribution in [0.3, 0.4) is 0 Å². The van der Waals surface area contributed by atoms with Gasteiger partial charge in [-0.15, -0.1) is 0 Å². The minimum absolute atomic E-state index is 0.275. The van der Waals surface area contributed by atoms with Gasteiger partial charge in [0.2, 0.25) is 0 Å². The molecule has 7 nitrogen and oxygen atoms in total. The summed E-state index contributed by atoms with van der Waals surface area (Å²) in [5.74, 6) is 2.43. The average Bonchev–Trinajstić information content (AvgIpc) is 3.43. The monoisotopic (exact) mass is 364 g/mol. The zero-order chi connectivity index (χ0) is 18.2. The van der Waals surface area contributed by atoms with E-state index < -0.39 is 0 Å². The molecule has 1 saturated heterocycles. The molecule has 2 aliphatic rings. The van der Waals surface area contributed by atoms with E-state index in [9.17, 15) is 5.11 Å². The van der Waals surface area contributed by atoms with Crippen molar-refractivity contribution in [3.63, 3.8) is 0 Å². The van der Waals surface area contributed by atoms with Crippen molar-refractivity contribution < 1.29 is 5.11 Å². The van der Waals surface area contributed by atoms with E-state index in [-0.39, 0.29) is 6.10 Å². The lowest BCUT2D eigenvalue weighted by atomic mass is 10.1. The molecule has 7 heteroatoms. The van der Waals surface area contributed by atoms with E-state index in [1.54, 1.807) is 6.20 Å². The van der Waals surface area contributed by atoms with Crippen LogP contribution in [0.2, 0.25) is 0 Å². The van der Waals surface area contributed by atoms with Crippen molar-refractivity contribution in [3.8, 4) is 11.4 Å². The highest BCUT2D eigenvalue weighted by Crippen LogP contribution is 2.30. The van der Waals surface area contributed by atoms with Gasteiger partial charge in [0.25, 0.3) is 0 Å². The lowest BCUT2D eigenvalue weighted by Gasteiger charge is -2.17. The summed E-state index contributed by atoms with van der Waals surface area (Å²) < 4.78 is 0. The summed E-state index contributed by atoms with van der Waals surface area (Å²) in [6, 6.07) is 6.49. The van der Waals surface area contributed by atoms with Crippen molar-refractivity contribution in [1.82, 2.24) is 19.9 Å². The lowest BCUT2D eigenvalue weighted by Crippen LogP contribution is -2.22. The number of aliphatic hydroxyl groups is 1. The number of fused-ring (bicyclic) bond motifs is 1. The van der Waals surface area contributed by atoms with Crippen molar-refractivity contribution >= 4 is 22.7 Å². The fraction of sp³-hybridized carbons (Fsp3) is 0.450. The second-order valence-corrected chi connectivity index (χ2v) is 7.55. The van der Waals surface area contributed by atoms with Gasteiger partial charge in [-0.05, 0) is 37.5 Å². The Bertz CT molecular complexity index is 949. The van der Waals surface area contributed by atoms with Crippen LogP contribution in [0.1, 0.15) is 32.1 Å². The molecule has 3 aromatic rings. The van der Waals surface area contributed by atoms with E-state index >= 15 is 0 Å². The smallest absolute Gasteiger partial charge is 0.162 e. The number of nitrogens with zero attached hydrogens (tertiary/aromatic N) is 4. The van der Waals surface area contributed by atoms with Crippen LogP contribution in [-0.2, 0) is 0 Å². The number of hydrogen-bond acceptors (Lipinski definition) is 6. The molecule has 1 atom stereocenters. The molecule has 0 aromatic carbocycles. The Morgan fingerprint density at radius 2 is 2.04 bits per heavy atom. The minimum Gasteiger partial charge on any atom is -0.391 e. The van der Waals surface area contributed by atoms with Gasteiger partial charge in [0.15, 0.2) is 5.82 Å². The van der Waals surface area contributed by atoms with Gasteiger partial charge in [-0.3, -0.25) is 0 Å². The molecule has 2 fully saturated rings. The van der Waals surface area contributed by atoms with E-state index in [4.69, 9.17) is 9.97 Å². The number of aliphatic hydroxyl groups excluding tert-OH is 1. The SMILES string of the molecule is O[C@H]1CCN(c2ccnc(-c3cc(NC4CCCC4)nc4[nH]ccc34)n2)C1. The highest BCUT2D eigenvalue weighted by Gasteiger charge is 2.22. The molecule has 5 rings (SSSR count). The summed E-state index contributed by atoms with van der Waals surface area (Å²) in [6.45, 7) is 1.45. The number of hydrogen-bond donors (Lipinski definition) is 3. The summed E-state index contributed by atoms with van der Waals surface area (Å²) in [4.78, 5) is 19.4. The molecule has 27 heavy (non-hydrogen) atoms. The maximum atomic E-state index is 9.83. The number of anilines is 2. The topological polar surface area (TPSA) is 90.0 Å². The molecular formula is C20H24N6O. The third kappa shape index (κ3) is 3.23. The first-order chi connectivity index (χ1) is 13.3. The van der Waals surface area contributed by atoms with Gasteiger partial charge in [0.05, 0.1) is 6.10 Å². The van der Waals surface area contributed by atoms with E-state index in [2.05, 4.69) is 26.3 Å². The number of nitrogens with one attached hydrogen (secondary N) is 2. The Labute approximate surface area is 157 Å².